The molecule has 0 saturated heterocycles. The number of non-ortho nitro benzene ring substituents is 1. The number of nitrogens with zero attached hydrogens (tertiary/aromatic N) is 5. The number of rotatable bonds is 6. The Morgan fingerprint density at radius 3 is 2.70 bits per heavy atom. The van der Waals surface area contributed by atoms with Crippen molar-refractivity contribution in [2.45, 2.75) is 6.54 Å². The number of hydrogen-bond acceptors (Lipinski definition) is 8. The van der Waals surface area contributed by atoms with Crippen molar-refractivity contribution in [1.29, 1.82) is 0 Å². The number of fused-ring (bicyclic) bond motifs is 1. The molecule has 0 radical (unpaired) electrons. The Kier molecular flexibility index (Phi) is 4.81. The summed E-state index contributed by atoms with van der Waals surface area (Å²) in [6.45, 7) is -0.193. The second-order valence-electron chi connectivity index (χ2n) is 5.52. The number of nitro groups is 1. The van der Waals surface area contributed by atoms with E-state index in [9.17, 15) is 24.8 Å². The van der Waals surface area contributed by atoms with Crippen LogP contribution in [0, 0.1) is 10.1 Å². The molecule has 0 aliphatic rings. The Bertz CT molecular complexity index is 1140. The van der Waals surface area contributed by atoms with E-state index in [1.165, 1.54) is 46.7 Å². The molecule has 0 fully saturated rings. The van der Waals surface area contributed by atoms with Gasteiger partial charge in [0.05, 0.1) is 17.7 Å². The van der Waals surface area contributed by atoms with Gasteiger partial charge in [-0.3, -0.25) is 24.5 Å². The molecule has 0 saturated carbocycles. The molecule has 3 rings (SSSR count). The molecule has 1 aromatic carbocycles. The zero-order valence-electron chi connectivity index (χ0n) is 14.1. The standard InChI is InChI=1S/C15H15N7O5/c1-20-12-11(13(24)18-15(20)25)21(6-7-23)14(17-12)19-16-8-9-2-4-10(5-3-9)22(26)27/h2-5,8,23H,6-7H2,1H3,(H,17,19)(H,18,24,25). The number of H-pyrrole nitrogens is 1. The Morgan fingerprint density at radius 2 is 2.07 bits per heavy atom. The van der Waals surface area contributed by atoms with E-state index in [0.717, 1.165) is 0 Å². The summed E-state index contributed by atoms with van der Waals surface area (Å²) in [6.07, 6.45) is 1.41. The third kappa shape index (κ3) is 3.46. The van der Waals surface area contributed by atoms with Crippen LogP contribution >= 0.6 is 0 Å². The Labute approximate surface area is 150 Å². The predicted octanol–water partition coefficient (Wildman–Crippen LogP) is -0.230. The average molecular weight is 373 g/mol. The van der Waals surface area contributed by atoms with Crippen LogP contribution in [0.15, 0.2) is 39.0 Å². The van der Waals surface area contributed by atoms with Crippen molar-refractivity contribution in [2.75, 3.05) is 12.0 Å². The van der Waals surface area contributed by atoms with Crippen molar-refractivity contribution in [3.63, 3.8) is 0 Å². The highest BCUT2D eigenvalue weighted by molar-refractivity contribution is 5.81. The lowest BCUT2D eigenvalue weighted by molar-refractivity contribution is -0.384. The lowest BCUT2D eigenvalue weighted by Crippen LogP contribution is -2.29. The van der Waals surface area contributed by atoms with Crippen molar-refractivity contribution in [3.05, 3.63) is 60.8 Å². The molecule has 27 heavy (non-hydrogen) atoms. The summed E-state index contributed by atoms with van der Waals surface area (Å²) in [5.41, 5.74) is 2.25. The molecular formula is C15H15N7O5. The maximum atomic E-state index is 12.1. The highest BCUT2D eigenvalue weighted by Crippen LogP contribution is 2.15. The Hall–Kier alpha value is -3.80. The summed E-state index contributed by atoms with van der Waals surface area (Å²) >= 11 is 0. The first kappa shape index (κ1) is 18.0. The number of nitro benzene ring substituents is 1. The zero-order chi connectivity index (χ0) is 19.6. The van der Waals surface area contributed by atoms with E-state index >= 15 is 0 Å². The van der Waals surface area contributed by atoms with Crippen LogP contribution in [-0.2, 0) is 13.6 Å². The highest BCUT2D eigenvalue weighted by atomic mass is 16.6. The molecule has 2 heterocycles. The van der Waals surface area contributed by atoms with Gasteiger partial charge in [-0.25, -0.2) is 10.2 Å². The quantitative estimate of drug-likeness (QED) is 0.305. The monoisotopic (exact) mass is 373 g/mol. The lowest BCUT2D eigenvalue weighted by Gasteiger charge is -2.05. The molecule has 12 heteroatoms. The second-order valence-corrected chi connectivity index (χ2v) is 5.52. The third-order valence-electron chi connectivity index (χ3n) is 3.81. The predicted molar refractivity (Wildman–Crippen MR) is 97.0 cm³/mol. The number of aliphatic hydroxyl groups is 1. The second kappa shape index (κ2) is 7.21. The maximum Gasteiger partial charge on any atom is 0.329 e. The number of nitrogens with one attached hydrogen (secondary N) is 2. The van der Waals surface area contributed by atoms with Crippen LogP contribution in [0.3, 0.4) is 0 Å². The van der Waals surface area contributed by atoms with Gasteiger partial charge in [-0.2, -0.15) is 10.1 Å². The molecule has 3 N–H and O–H groups in total. The van der Waals surface area contributed by atoms with E-state index in [0.29, 0.717) is 5.56 Å². The summed E-state index contributed by atoms with van der Waals surface area (Å²) in [6, 6.07) is 5.73. The van der Waals surface area contributed by atoms with Gasteiger partial charge < -0.3 is 9.67 Å². The van der Waals surface area contributed by atoms with Crippen LogP contribution in [0.4, 0.5) is 11.6 Å². The number of aromatic amines is 1. The van der Waals surface area contributed by atoms with Crippen molar-refractivity contribution in [1.82, 2.24) is 19.1 Å². The van der Waals surface area contributed by atoms with Crippen LogP contribution in [0.25, 0.3) is 11.2 Å². The van der Waals surface area contributed by atoms with Crippen molar-refractivity contribution < 1.29 is 10.0 Å². The summed E-state index contributed by atoms with van der Waals surface area (Å²) in [4.78, 5) is 40.4. The summed E-state index contributed by atoms with van der Waals surface area (Å²) in [5, 5.41) is 23.9. The van der Waals surface area contributed by atoms with E-state index in [2.05, 4.69) is 20.5 Å². The molecule has 0 unspecified atom stereocenters. The van der Waals surface area contributed by atoms with Crippen molar-refractivity contribution in [2.24, 2.45) is 12.1 Å². The topological polar surface area (TPSA) is 160 Å². The third-order valence-corrected chi connectivity index (χ3v) is 3.81. The Morgan fingerprint density at radius 1 is 1.37 bits per heavy atom. The number of imidazole rings is 1. The maximum absolute atomic E-state index is 12.1. The van der Waals surface area contributed by atoms with Gasteiger partial charge >= 0.3 is 5.69 Å². The molecule has 2 aromatic heterocycles. The highest BCUT2D eigenvalue weighted by Gasteiger charge is 2.16. The smallest absolute Gasteiger partial charge is 0.329 e. The van der Waals surface area contributed by atoms with Gasteiger partial charge in [0.2, 0.25) is 5.95 Å². The Balaban J connectivity index is 1.94. The van der Waals surface area contributed by atoms with Crippen molar-refractivity contribution >= 4 is 29.0 Å². The molecule has 0 aliphatic carbocycles. The molecule has 0 spiro atoms. The van der Waals surface area contributed by atoms with Gasteiger partial charge in [-0.1, -0.05) is 0 Å². The minimum Gasteiger partial charge on any atom is -0.395 e. The van der Waals surface area contributed by atoms with E-state index in [4.69, 9.17) is 0 Å². The van der Waals surface area contributed by atoms with Gasteiger partial charge in [-0.15, -0.1) is 0 Å². The van der Waals surface area contributed by atoms with Gasteiger partial charge in [0, 0.05) is 25.7 Å². The van der Waals surface area contributed by atoms with Gasteiger partial charge in [0.1, 0.15) is 0 Å². The fraction of sp³-hybridized carbons (Fsp3) is 0.200. The fourth-order valence-corrected chi connectivity index (χ4v) is 2.48. The number of aromatic nitrogens is 4. The molecule has 140 valence electrons. The van der Waals surface area contributed by atoms with Crippen LogP contribution in [0.2, 0.25) is 0 Å². The molecular weight excluding hydrogens is 358 g/mol. The normalized spacial score (nSPS) is 11.3. The van der Waals surface area contributed by atoms with Crippen LogP contribution < -0.4 is 16.7 Å². The number of hydrogen-bond donors (Lipinski definition) is 3. The number of benzene rings is 1. The zero-order valence-corrected chi connectivity index (χ0v) is 14.1. The molecule has 3 aromatic rings. The molecule has 0 amide bonds. The van der Waals surface area contributed by atoms with E-state index < -0.39 is 16.2 Å². The first-order chi connectivity index (χ1) is 12.9. The number of anilines is 1. The van der Waals surface area contributed by atoms with Gasteiger partial charge in [-0.05, 0) is 17.7 Å². The van der Waals surface area contributed by atoms with E-state index in [1.807, 2.05) is 0 Å². The summed E-state index contributed by atoms with van der Waals surface area (Å²) < 4.78 is 2.58. The van der Waals surface area contributed by atoms with Crippen LogP contribution in [0.5, 0.6) is 0 Å². The molecule has 0 aliphatic heterocycles. The minimum atomic E-state index is -0.624. The summed E-state index contributed by atoms with van der Waals surface area (Å²) in [5.74, 6) is 0.156. The number of hydrazone groups is 1. The first-order valence-corrected chi connectivity index (χ1v) is 7.76. The average Bonchev–Trinajstić information content (AvgIpc) is 3.00. The van der Waals surface area contributed by atoms with Gasteiger partial charge in [0.25, 0.3) is 11.2 Å². The van der Waals surface area contributed by atoms with Crippen LogP contribution in [0.1, 0.15) is 5.56 Å². The summed E-state index contributed by atoms with van der Waals surface area (Å²) in [7, 11) is 1.46. The molecule has 0 atom stereocenters. The number of aryl methyl sites for hydroxylation is 1. The van der Waals surface area contributed by atoms with Gasteiger partial charge in [0.15, 0.2) is 11.2 Å². The lowest BCUT2D eigenvalue weighted by atomic mass is 10.2. The van der Waals surface area contributed by atoms with Crippen molar-refractivity contribution in [3.8, 4) is 0 Å². The van der Waals surface area contributed by atoms with E-state index in [-0.39, 0.29) is 36.0 Å². The fourth-order valence-electron chi connectivity index (χ4n) is 2.48. The molecule has 12 nitrogen and oxygen atoms in total. The molecule has 0 bridgehead atoms. The SMILES string of the molecule is Cn1c(=O)[nH]c(=O)c2c1nc(NN=Cc1ccc([N+](=O)[O-])cc1)n2CCO. The first-order valence-electron chi connectivity index (χ1n) is 7.76. The number of aliphatic hydroxyl groups excluding tert-OH is 1. The van der Waals surface area contributed by atoms with Crippen LogP contribution in [-0.4, -0.2) is 42.0 Å². The largest absolute Gasteiger partial charge is 0.395 e. The minimum absolute atomic E-state index is 0.0370. The van der Waals surface area contributed by atoms with E-state index in [1.54, 1.807) is 0 Å².